The number of aromatic nitrogens is 4. The Bertz CT molecular complexity index is 1130. The number of carbonyl (C=O) groups excluding carboxylic acids is 1. The van der Waals surface area contributed by atoms with Crippen LogP contribution in [0.4, 0.5) is 5.95 Å². The Labute approximate surface area is 230 Å². The van der Waals surface area contributed by atoms with E-state index in [-0.39, 0.29) is 5.92 Å². The Morgan fingerprint density at radius 1 is 0.947 bits per heavy atom. The molecule has 0 radical (unpaired) electrons. The number of rotatable bonds is 12. The van der Waals surface area contributed by atoms with E-state index in [1.165, 1.54) is 32.2 Å². The predicted molar refractivity (Wildman–Crippen MR) is 154 cm³/mol. The monoisotopic (exact) mass is 532 g/mol. The van der Waals surface area contributed by atoms with Gasteiger partial charge in [-0.2, -0.15) is 0 Å². The van der Waals surface area contributed by atoms with Gasteiger partial charge in [0.25, 0.3) is 0 Å². The van der Waals surface area contributed by atoms with E-state index in [1.807, 2.05) is 12.4 Å². The number of piperazine rings is 1. The third-order valence-electron chi connectivity index (χ3n) is 8.03. The summed E-state index contributed by atoms with van der Waals surface area (Å²) < 4.78 is 0. The summed E-state index contributed by atoms with van der Waals surface area (Å²) in [7, 11) is 0. The molecule has 2 aliphatic rings. The summed E-state index contributed by atoms with van der Waals surface area (Å²) in [6.45, 7) is 7.61. The standard InChI is InChI=1S/C30H40N6OS/c1-2-6-24(22-37)9-5-10-28-33-34-29(38-28)26-13-11-25(12-14-26)27-19-31-30(32-20-27)36-17-15-35(16-18-36)21-23-7-3-4-8-23/h11-14,19-20,22-24H,2-10,15-18,21H2,1H3/t24-/m0/s1. The van der Waals surface area contributed by atoms with Gasteiger partial charge in [-0.05, 0) is 43.6 Å². The molecular formula is C30H40N6OS. The van der Waals surface area contributed by atoms with Crippen LogP contribution in [0.5, 0.6) is 0 Å². The van der Waals surface area contributed by atoms with Gasteiger partial charge in [0.15, 0.2) is 0 Å². The van der Waals surface area contributed by atoms with E-state index in [4.69, 9.17) is 9.97 Å². The van der Waals surface area contributed by atoms with E-state index in [0.717, 1.165) is 103 Å². The number of anilines is 1. The number of benzene rings is 1. The molecule has 1 saturated carbocycles. The summed E-state index contributed by atoms with van der Waals surface area (Å²) in [5.41, 5.74) is 3.19. The van der Waals surface area contributed by atoms with Gasteiger partial charge in [-0.3, -0.25) is 4.90 Å². The summed E-state index contributed by atoms with van der Waals surface area (Å²) in [5.74, 6) is 1.92. The van der Waals surface area contributed by atoms with Gasteiger partial charge < -0.3 is 9.69 Å². The molecule has 0 bridgehead atoms. The number of aryl methyl sites for hydroxylation is 1. The highest BCUT2D eigenvalue weighted by Gasteiger charge is 2.23. The van der Waals surface area contributed by atoms with Crippen LogP contribution >= 0.6 is 11.3 Å². The molecule has 1 saturated heterocycles. The molecule has 1 aromatic carbocycles. The average Bonchev–Trinajstić information content (AvgIpc) is 3.66. The van der Waals surface area contributed by atoms with Crippen molar-refractivity contribution in [2.75, 3.05) is 37.6 Å². The summed E-state index contributed by atoms with van der Waals surface area (Å²) in [4.78, 5) is 25.5. The first kappa shape index (κ1) is 26.9. The highest BCUT2D eigenvalue weighted by Crippen LogP contribution is 2.29. The smallest absolute Gasteiger partial charge is 0.225 e. The number of hydrogen-bond acceptors (Lipinski definition) is 8. The van der Waals surface area contributed by atoms with E-state index in [2.05, 4.69) is 51.2 Å². The molecule has 0 spiro atoms. The van der Waals surface area contributed by atoms with Crippen molar-refractivity contribution in [3.05, 3.63) is 41.7 Å². The van der Waals surface area contributed by atoms with Crippen LogP contribution in [-0.2, 0) is 11.2 Å². The van der Waals surface area contributed by atoms with Crippen LogP contribution < -0.4 is 4.90 Å². The summed E-state index contributed by atoms with van der Waals surface area (Å²) in [5, 5.41) is 10.8. The summed E-state index contributed by atoms with van der Waals surface area (Å²) >= 11 is 1.64. The van der Waals surface area contributed by atoms with E-state index in [9.17, 15) is 4.79 Å². The Morgan fingerprint density at radius 2 is 1.66 bits per heavy atom. The largest absolute Gasteiger partial charge is 0.338 e. The highest BCUT2D eigenvalue weighted by molar-refractivity contribution is 7.14. The Kier molecular flexibility index (Phi) is 9.47. The zero-order valence-corrected chi connectivity index (χ0v) is 23.4. The van der Waals surface area contributed by atoms with Crippen LogP contribution in [0.25, 0.3) is 21.7 Å². The van der Waals surface area contributed by atoms with Crippen molar-refractivity contribution in [1.82, 2.24) is 25.1 Å². The fourth-order valence-electron chi connectivity index (χ4n) is 5.77. The van der Waals surface area contributed by atoms with Crippen LogP contribution in [0, 0.1) is 11.8 Å². The second-order valence-corrected chi connectivity index (χ2v) is 11.9. The van der Waals surface area contributed by atoms with Gasteiger partial charge in [-0.15, -0.1) is 10.2 Å². The highest BCUT2D eigenvalue weighted by atomic mass is 32.1. The Balaban J connectivity index is 1.12. The van der Waals surface area contributed by atoms with Crippen LogP contribution in [0.1, 0.15) is 63.3 Å². The summed E-state index contributed by atoms with van der Waals surface area (Å²) in [6.07, 6.45) is 15.5. The van der Waals surface area contributed by atoms with Gasteiger partial charge in [0, 0.05) is 68.6 Å². The van der Waals surface area contributed by atoms with Crippen LogP contribution in [-0.4, -0.2) is 64.1 Å². The second kappa shape index (κ2) is 13.4. The quantitative estimate of drug-likeness (QED) is 0.268. The molecule has 3 aromatic rings. The molecule has 0 N–H and O–H groups in total. The van der Waals surface area contributed by atoms with Gasteiger partial charge in [-0.25, -0.2) is 9.97 Å². The van der Waals surface area contributed by atoms with Gasteiger partial charge in [-0.1, -0.05) is 61.8 Å². The molecule has 0 amide bonds. The fourth-order valence-corrected chi connectivity index (χ4v) is 6.65. The van der Waals surface area contributed by atoms with E-state index < -0.39 is 0 Å². The molecule has 2 aromatic heterocycles. The van der Waals surface area contributed by atoms with Crippen molar-refractivity contribution in [2.24, 2.45) is 11.8 Å². The second-order valence-electron chi connectivity index (χ2n) is 10.9. The fraction of sp³-hybridized carbons (Fsp3) is 0.567. The first-order chi connectivity index (χ1) is 18.7. The molecule has 5 rings (SSSR count). The zero-order chi connectivity index (χ0) is 26.2. The Morgan fingerprint density at radius 3 is 2.34 bits per heavy atom. The average molecular weight is 533 g/mol. The van der Waals surface area contributed by atoms with E-state index >= 15 is 0 Å². The maximum absolute atomic E-state index is 11.2. The lowest BCUT2D eigenvalue weighted by atomic mass is 9.99. The minimum Gasteiger partial charge on any atom is -0.338 e. The van der Waals surface area contributed by atoms with Crippen LogP contribution in [0.3, 0.4) is 0 Å². The normalized spacial score (nSPS) is 17.7. The van der Waals surface area contributed by atoms with E-state index in [0.29, 0.717) is 0 Å². The minimum absolute atomic E-state index is 0.175. The van der Waals surface area contributed by atoms with Gasteiger partial charge in [0.1, 0.15) is 16.3 Å². The van der Waals surface area contributed by atoms with E-state index in [1.54, 1.807) is 11.3 Å². The number of nitrogens with zero attached hydrogens (tertiary/aromatic N) is 6. The SMILES string of the molecule is CCC[C@H](C=O)CCCc1nnc(-c2ccc(-c3cnc(N4CCN(CC5CCCC5)CC4)nc3)cc2)s1. The first-order valence-corrected chi connectivity index (χ1v) is 15.2. The third-order valence-corrected chi connectivity index (χ3v) is 9.07. The first-order valence-electron chi connectivity index (χ1n) is 14.4. The van der Waals surface area contributed by atoms with Crippen molar-refractivity contribution >= 4 is 23.6 Å². The molecule has 1 atom stereocenters. The number of hydrogen-bond donors (Lipinski definition) is 0. The van der Waals surface area contributed by atoms with Crippen molar-refractivity contribution in [1.29, 1.82) is 0 Å². The summed E-state index contributed by atoms with van der Waals surface area (Å²) in [6, 6.07) is 8.41. The molecule has 38 heavy (non-hydrogen) atoms. The van der Waals surface area contributed by atoms with Crippen molar-refractivity contribution in [2.45, 2.75) is 64.7 Å². The topological polar surface area (TPSA) is 75.1 Å². The van der Waals surface area contributed by atoms with Crippen molar-refractivity contribution in [3.8, 4) is 21.7 Å². The molecule has 202 valence electrons. The lowest BCUT2D eigenvalue weighted by molar-refractivity contribution is -0.111. The molecule has 1 aliphatic heterocycles. The molecule has 3 heterocycles. The van der Waals surface area contributed by atoms with Crippen LogP contribution in [0.2, 0.25) is 0 Å². The van der Waals surface area contributed by atoms with Gasteiger partial charge in [0.05, 0.1) is 0 Å². The Hall–Kier alpha value is -2.71. The predicted octanol–water partition coefficient (Wildman–Crippen LogP) is 5.91. The molecule has 0 unspecified atom stereocenters. The van der Waals surface area contributed by atoms with Crippen LogP contribution in [0.15, 0.2) is 36.7 Å². The molecule has 1 aliphatic carbocycles. The minimum atomic E-state index is 0.175. The van der Waals surface area contributed by atoms with Crippen molar-refractivity contribution in [3.63, 3.8) is 0 Å². The van der Waals surface area contributed by atoms with Gasteiger partial charge in [0.2, 0.25) is 5.95 Å². The van der Waals surface area contributed by atoms with Crippen molar-refractivity contribution < 1.29 is 4.79 Å². The number of carbonyl (C=O) groups is 1. The lowest BCUT2D eigenvalue weighted by Gasteiger charge is -2.35. The maximum atomic E-state index is 11.2. The molecule has 2 fully saturated rings. The third kappa shape index (κ3) is 7.03. The molecular weight excluding hydrogens is 492 g/mol. The molecule has 8 heteroatoms. The molecule has 7 nitrogen and oxygen atoms in total. The zero-order valence-electron chi connectivity index (χ0n) is 22.6. The lowest BCUT2D eigenvalue weighted by Crippen LogP contribution is -2.48. The number of aldehydes is 1. The van der Waals surface area contributed by atoms with Gasteiger partial charge >= 0.3 is 0 Å². The maximum Gasteiger partial charge on any atom is 0.225 e.